The molecule has 0 aromatic heterocycles. The maximum absolute atomic E-state index is 11.8. The lowest BCUT2D eigenvalue weighted by molar-refractivity contribution is -0.0197. The zero-order chi connectivity index (χ0) is 28.3. The summed E-state index contributed by atoms with van der Waals surface area (Å²) in [7, 11) is 0. The summed E-state index contributed by atoms with van der Waals surface area (Å²) in [6, 6.07) is 53.1. The Kier molecular flexibility index (Phi) is 4.31. The molecule has 0 aliphatic heterocycles. The largest absolute Gasteiger partial charge is 0.361 e. The van der Waals surface area contributed by atoms with Crippen LogP contribution in [-0.4, -0.2) is 10.5 Å². The monoisotopic (exact) mass is 546 g/mol. The van der Waals surface area contributed by atoms with Crippen LogP contribution in [0.3, 0.4) is 0 Å². The molecule has 0 unspecified atom stereocenters. The van der Waals surface area contributed by atoms with Crippen molar-refractivity contribution in [1.82, 2.24) is 0 Å². The molecule has 6 aromatic rings. The van der Waals surface area contributed by atoms with E-state index in [-0.39, 0.29) is 11.8 Å². The van der Waals surface area contributed by atoms with Crippen LogP contribution in [0.15, 0.2) is 146 Å². The van der Waals surface area contributed by atoms with Gasteiger partial charge < -0.3 is 5.53 Å². The lowest BCUT2D eigenvalue weighted by atomic mass is 9.43. The van der Waals surface area contributed by atoms with Gasteiger partial charge in [-0.15, -0.1) is 0 Å². The molecule has 0 radical (unpaired) electrons. The van der Waals surface area contributed by atoms with E-state index in [1.54, 1.807) is 0 Å². The van der Waals surface area contributed by atoms with Gasteiger partial charge in [-0.05, 0) is 66.8 Å². The summed E-state index contributed by atoms with van der Waals surface area (Å²) in [5.41, 5.74) is 25.9. The summed E-state index contributed by atoms with van der Waals surface area (Å²) in [5, 5.41) is 0. The fourth-order valence-electron chi connectivity index (χ4n) is 9.61. The third-order valence-corrected chi connectivity index (χ3v) is 10.9. The molecule has 4 bridgehead atoms. The molecule has 0 spiro atoms. The van der Waals surface area contributed by atoms with Gasteiger partial charge in [0.25, 0.3) is 0 Å². The normalized spacial score (nSPS) is 24.0. The first-order chi connectivity index (χ1) is 21.3. The molecule has 2 heteroatoms. The first kappa shape index (κ1) is 23.3. The number of hydrogen-bond donors (Lipinski definition) is 0. The van der Waals surface area contributed by atoms with E-state index in [4.69, 9.17) is 0 Å². The first-order valence-corrected chi connectivity index (χ1v) is 15.1. The molecule has 0 amide bonds. The van der Waals surface area contributed by atoms with E-state index in [1.807, 2.05) is 0 Å². The van der Waals surface area contributed by atoms with E-state index >= 15 is 0 Å². The Balaban J connectivity index is 1.46. The third-order valence-electron chi connectivity index (χ3n) is 10.9. The Morgan fingerprint density at radius 1 is 0.372 bits per heavy atom. The number of hydrogen-bond acceptors (Lipinski definition) is 0. The van der Waals surface area contributed by atoms with Crippen LogP contribution < -0.4 is 0 Å². The predicted molar refractivity (Wildman–Crippen MR) is 169 cm³/mol. The van der Waals surface area contributed by atoms with Gasteiger partial charge in [0.2, 0.25) is 0 Å². The zero-order valence-electron chi connectivity index (χ0n) is 23.4. The van der Waals surface area contributed by atoms with Crippen LogP contribution in [0.1, 0.15) is 78.6 Å². The molecule has 200 valence electrons. The van der Waals surface area contributed by atoms with Crippen molar-refractivity contribution in [2.75, 3.05) is 0 Å². The molecule has 6 aliphatic carbocycles. The average Bonchev–Trinajstić information content (AvgIpc) is 3.09. The van der Waals surface area contributed by atoms with Gasteiger partial charge in [0.15, 0.2) is 0 Å². The van der Waals surface area contributed by atoms with Gasteiger partial charge in [-0.1, -0.05) is 146 Å². The molecule has 12 rings (SSSR count). The average molecular weight is 547 g/mol. The Bertz CT molecular complexity index is 1850. The van der Waals surface area contributed by atoms with Gasteiger partial charge in [-0.3, -0.25) is 0 Å². The smallest absolute Gasteiger partial charge is 0.307 e. The number of rotatable bonds is 2. The predicted octanol–water partition coefficient (Wildman–Crippen LogP) is 8.34. The van der Waals surface area contributed by atoms with Crippen LogP contribution in [0.5, 0.6) is 0 Å². The molecular weight excluding hydrogens is 520 g/mol. The molecule has 0 N–H and O–H groups in total. The van der Waals surface area contributed by atoms with E-state index in [0.717, 1.165) is 5.71 Å². The molecule has 0 heterocycles. The summed E-state index contributed by atoms with van der Waals surface area (Å²) < 4.78 is 0. The van der Waals surface area contributed by atoms with Gasteiger partial charge in [0.1, 0.15) is 10.8 Å². The summed E-state index contributed by atoms with van der Waals surface area (Å²) in [5.74, 6) is 0.272. The highest BCUT2D eigenvalue weighted by Gasteiger charge is 2.68. The summed E-state index contributed by atoms with van der Waals surface area (Å²) in [6.45, 7) is 0. The van der Waals surface area contributed by atoms with E-state index < -0.39 is 10.8 Å². The second-order valence-corrected chi connectivity index (χ2v) is 12.3. The molecule has 0 atom stereocenters. The molecule has 0 saturated heterocycles. The minimum Gasteiger partial charge on any atom is -0.361 e. The molecule has 43 heavy (non-hydrogen) atoms. The van der Waals surface area contributed by atoms with Crippen LogP contribution in [0.2, 0.25) is 0 Å². The van der Waals surface area contributed by atoms with Gasteiger partial charge in [-0.25, -0.2) is 0 Å². The fraction of sp³-hybridized carbons (Fsp3) is 0.0976. The minimum atomic E-state index is -0.815. The van der Waals surface area contributed by atoms with Crippen molar-refractivity contribution >= 4 is 5.71 Å². The van der Waals surface area contributed by atoms with Crippen LogP contribution in [0, 0.1) is 0 Å². The van der Waals surface area contributed by atoms with Crippen LogP contribution in [-0.2, 0) is 10.8 Å². The van der Waals surface area contributed by atoms with Crippen LogP contribution in [0.25, 0.3) is 5.53 Å². The summed E-state index contributed by atoms with van der Waals surface area (Å²) in [6.07, 6.45) is 0. The van der Waals surface area contributed by atoms with Crippen molar-refractivity contribution in [3.63, 3.8) is 0 Å². The zero-order valence-corrected chi connectivity index (χ0v) is 23.4. The van der Waals surface area contributed by atoms with Gasteiger partial charge >= 0.3 is 5.71 Å². The van der Waals surface area contributed by atoms with Crippen molar-refractivity contribution in [3.8, 4) is 0 Å². The molecule has 0 saturated carbocycles. The third kappa shape index (κ3) is 2.44. The highest BCUT2D eigenvalue weighted by atomic mass is 14.9. The Morgan fingerprint density at radius 3 is 0.791 bits per heavy atom. The van der Waals surface area contributed by atoms with E-state index in [0.29, 0.717) is 0 Å². The summed E-state index contributed by atoms with van der Waals surface area (Å²) in [4.78, 5) is 4.58. The van der Waals surface area contributed by atoms with Gasteiger partial charge in [0, 0.05) is 11.8 Å². The van der Waals surface area contributed by atoms with Crippen molar-refractivity contribution in [2.24, 2.45) is 0 Å². The van der Waals surface area contributed by atoms with Gasteiger partial charge in [-0.2, -0.15) is 4.79 Å². The maximum atomic E-state index is 11.8. The molecule has 0 fully saturated rings. The highest BCUT2D eigenvalue weighted by Crippen LogP contribution is 2.66. The Morgan fingerprint density at radius 2 is 0.581 bits per heavy atom. The quantitative estimate of drug-likeness (QED) is 0.119. The topological polar surface area (TPSA) is 36.4 Å². The maximum Gasteiger partial charge on any atom is 0.307 e. The second-order valence-electron chi connectivity index (χ2n) is 12.3. The number of benzene rings is 6. The minimum absolute atomic E-state index is 0.136. The molecular formula is C41H26N2. The van der Waals surface area contributed by atoms with Crippen molar-refractivity contribution in [3.05, 3.63) is 218 Å². The molecule has 6 aromatic carbocycles. The molecule has 2 nitrogen and oxygen atoms in total. The standard InChI is InChI=1S/C41H26N2/c42-43-39(40-31-19-7-1-13-25(31)37(26-14-2-8-20-32(26)40)27-15-3-9-21-33(27)40)41-34-22-10-4-16-28(34)38(29-17-5-11-23-35(29)41)30-18-6-12-24-36(30)41/h1-24,37-38H. The van der Waals surface area contributed by atoms with Crippen LogP contribution >= 0.6 is 0 Å². The van der Waals surface area contributed by atoms with Crippen molar-refractivity contribution in [1.29, 1.82) is 0 Å². The van der Waals surface area contributed by atoms with Crippen LogP contribution in [0.4, 0.5) is 0 Å². The SMILES string of the molecule is [N-]=[N+]=C(C12c3ccccc3C(c3ccccc31)c1ccccc12)C12c3ccccc3C(c3ccccc31)c1ccccc12. The lowest BCUT2D eigenvalue weighted by Gasteiger charge is -2.54. The highest BCUT2D eigenvalue weighted by molar-refractivity contribution is 6.13. The number of nitrogens with zero attached hydrogens (tertiary/aromatic N) is 2. The lowest BCUT2D eigenvalue weighted by Crippen LogP contribution is -2.59. The second kappa shape index (κ2) is 7.95. The van der Waals surface area contributed by atoms with Crippen molar-refractivity contribution in [2.45, 2.75) is 22.7 Å². The summed E-state index contributed by atoms with van der Waals surface area (Å²) >= 11 is 0. The van der Waals surface area contributed by atoms with E-state index in [9.17, 15) is 5.53 Å². The first-order valence-electron chi connectivity index (χ1n) is 15.1. The molecule has 6 aliphatic rings. The Labute approximate surface area is 250 Å². The van der Waals surface area contributed by atoms with Crippen molar-refractivity contribution < 1.29 is 4.79 Å². The van der Waals surface area contributed by atoms with E-state index in [1.165, 1.54) is 66.8 Å². The van der Waals surface area contributed by atoms with Gasteiger partial charge in [0.05, 0.1) is 0 Å². The Hall–Kier alpha value is -5.30. The fourth-order valence-corrected chi connectivity index (χ4v) is 9.61. The van der Waals surface area contributed by atoms with E-state index in [2.05, 4.69) is 150 Å².